The number of pyridine rings is 1. The largest absolute Gasteiger partial charge is 0.318 e. The van der Waals surface area contributed by atoms with Gasteiger partial charge in [0.15, 0.2) is 5.82 Å². The minimum absolute atomic E-state index is 0.227. The molecule has 0 aliphatic heterocycles. The fourth-order valence-corrected chi connectivity index (χ4v) is 2.50. The summed E-state index contributed by atoms with van der Waals surface area (Å²) in [7, 11) is 0. The summed E-state index contributed by atoms with van der Waals surface area (Å²) in [5, 5.41) is 7.17. The number of aryl methyl sites for hydroxylation is 1. The molecule has 1 aliphatic carbocycles. The van der Waals surface area contributed by atoms with E-state index in [0.717, 1.165) is 5.69 Å². The van der Waals surface area contributed by atoms with Crippen molar-refractivity contribution < 1.29 is 4.79 Å². The molecule has 0 radical (unpaired) electrons. The maximum absolute atomic E-state index is 12.1. The highest BCUT2D eigenvalue weighted by Gasteiger charge is 2.30. The molecule has 1 amide bonds. The third-order valence-corrected chi connectivity index (χ3v) is 3.87. The number of H-pyrrole nitrogens is 1. The Kier molecular flexibility index (Phi) is 3.37. The average Bonchev–Trinajstić information content (AvgIpc) is 3.23. The van der Waals surface area contributed by atoms with Gasteiger partial charge < -0.3 is 10.3 Å². The van der Waals surface area contributed by atoms with Crippen LogP contribution >= 0.6 is 0 Å². The zero-order valence-electron chi connectivity index (χ0n) is 12.1. The summed E-state index contributed by atoms with van der Waals surface area (Å²) in [6, 6.07) is 6.68. The molecule has 2 heterocycles. The Morgan fingerprint density at radius 2 is 2.24 bits per heavy atom. The first-order valence-corrected chi connectivity index (χ1v) is 7.11. The number of rotatable bonds is 4. The minimum Gasteiger partial charge on any atom is -0.318 e. The number of hydrogen-bond donors (Lipinski definition) is 2. The van der Waals surface area contributed by atoms with Gasteiger partial charge in [-0.1, -0.05) is 6.07 Å². The Morgan fingerprint density at radius 1 is 1.48 bits per heavy atom. The van der Waals surface area contributed by atoms with Crippen LogP contribution < -0.4 is 10.9 Å². The van der Waals surface area contributed by atoms with E-state index in [0.29, 0.717) is 17.8 Å². The van der Waals surface area contributed by atoms with E-state index < -0.39 is 0 Å². The summed E-state index contributed by atoms with van der Waals surface area (Å²) in [6.07, 6.45) is 2.49. The monoisotopic (exact) mass is 286 g/mol. The molecule has 110 valence electrons. The second kappa shape index (κ2) is 5.20. The number of aromatic nitrogens is 3. The average molecular weight is 286 g/mol. The molecule has 0 aromatic carbocycles. The van der Waals surface area contributed by atoms with Gasteiger partial charge in [0.25, 0.3) is 5.91 Å². The predicted molar refractivity (Wildman–Crippen MR) is 79.4 cm³/mol. The van der Waals surface area contributed by atoms with E-state index >= 15 is 0 Å². The molecule has 21 heavy (non-hydrogen) atoms. The number of anilines is 1. The van der Waals surface area contributed by atoms with Crippen molar-refractivity contribution in [2.24, 2.45) is 5.92 Å². The number of aromatic amines is 1. The van der Waals surface area contributed by atoms with Crippen LogP contribution in [0.25, 0.3) is 0 Å². The van der Waals surface area contributed by atoms with E-state index in [2.05, 4.69) is 22.3 Å². The molecular weight excluding hydrogens is 268 g/mol. The van der Waals surface area contributed by atoms with Crippen molar-refractivity contribution in [3.63, 3.8) is 0 Å². The zero-order valence-corrected chi connectivity index (χ0v) is 12.1. The number of amides is 1. The van der Waals surface area contributed by atoms with E-state index in [-0.39, 0.29) is 17.2 Å². The summed E-state index contributed by atoms with van der Waals surface area (Å²) < 4.78 is 1.96. The molecule has 0 saturated heterocycles. The van der Waals surface area contributed by atoms with Gasteiger partial charge in [-0.25, -0.2) is 0 Å². The Morgan fingerprint density at radius 3 is 2.90 bits per heavy atom. The lowest BCUT2D eigenvalue weighted by atomic mass is 10.2. The molecule has 0 unspecified atom stereocenters. The van der Waals surface area contributed by atoms with Crippen molar-refractivity contribution in [1.29, 1.82) is 0 Å². The molecule has 2 aromatic rings. The molecule has 1 fully saturated rings. The van der Waals surface area contributed by atoms with E-state index in [1.165, 1.54) is 18.9 Å². The van der Waals surface area contributed by atoms with Gasteiger partial charge >= 0.3 is 0 Å². The second-order valence-corrected chi connectivity index (χ2v) is 5.58. The van der Waals surface area contributed by atoms with Gasteiger partial charge in [0.1, 0.15) is 5.69 Å². The minimum atomic E-state index is -0.364. The third-order valence-electron chi connectivity index (χ3n) is 3.87. The molecule has 2 aromatic heterocycles. The first-order chi connectivity index (χ1) is 10.0. The van der Waals surface area contributed by atoms with Crippen molar-refractivity contribution in [3.8, 4) is 0 Å². The summed E-state index contributed by atoms with van der Waals surface area (Å²) in [6.45, 7) is 4.13. The molecule has 6 nitrogen and oxygen atoms in total. The fraction of sp³-hybridized carbons (Fsp3) is 0.400. The van der Waals surface area contributed by atoms with Crippen LogP contribution in [0.5, 0.6) is 0 Å². The number of hydrogen-bond acceptors (Lipinski definition) is 3. The zero-order chi connectivity index (χ0) is 15.0. The van der Waals surface area contributed by atoms with Crippen LogP contribution in [0.15, 0.2) is 29.1 Å². The third kappa shape index (κ3) is 2.89. The highest BCUT2D eigenvalue weighted by atomic mass is 16.2. The maximum atomic E-state index is 12.1. The van der Waals surface area contributed by atoms with E-state index in [1.807, 2.05) is 17.7 Å². The lowest BCUT2D eigenvalue weighted by Crippen LogP contribution is -2.18. The number of nitrogens with one attached hydrogen (secondary N) is 2. The number of carbonyl (C=O) groups is 1. The van der Waals surface area contributed by atoms with E-state index in [1.54, 1.807) is 12.1 Å². The molecule has 1 aliphatic rings. The Labute approximate surface area is 122 Å². The van der Waals surface area contributed by atoms with Crippen LogP contribution in [0.2, 0.25) is 0 Å². The Bertz CT molecular complexity index is 727. The lowest BCUT2D eigenvalue weighted by Gasteiger charge is -2.12. The maximum Gasteiger partial charge on any atom is 0.273 e. The van der Waals surface area contributed by atoms with Crippen LogP contribution in [-0.4, -0.2) is 20.7 Å². The smallest absolute Gasteiger partial charge is 0.273 e. The summed E-state index contributed by atoms with van der Waals surface area (Å²) in [5.74, 6) is 0.837. The lowest BCUT2D eigenvalue weighted by molar-refractivity contribution is 0.102. The van der Waals surface area contributed by atoms with Crippen LogP contribution in [0.3, 0.4) is 0 Å². The standard InChI is InChI=1S/C15H18N4O2/c1-9-8-13(18-19(9)10(2)11-6-7-11)17-15(21)12-4-3-5-14(20)16-12/h3-5,8,10-11H,6-7H2,1-2H3,(H,16,20)(H,17,18,21)/t10-/m0/s1. The van der Waals surface area contributed by atoms with Crippen LogP contribution in [0.4, 0.5) is 5.82 Å². The molecule has 1 saturated carbocycles. The number of nitrogens with zero attached hydrogens (tertiary/aromatic N) is 2. The van der Waals surface area contributed by atoms with Gasteiger partial charge in [-0.2, -0.15) is 5.10 Å². The van der Waals surface area contributed by atoms with Crippen LogP contribution in [0.1, 0.15) is 42.0 Å². The van der Waals surface area contributed by atoms with Crippen molar-refractivity contribution in [2.45, 2.75) is 32.7 Å². The Balaban J connectivity index is 1.77. The van der Waals surface area contributed by atoms with E-state index in [9.17, 15) is 9.59 Å². The fourth-order valence-electron chi connectivity index (χ4n) is 2.50. The summed E-state index contributed by atoms with van der Waals surface area (Å²) >= 11 is 0. The number of carbonyl (C=O) groups excluding carboxylic acids is 1. The van der Waals surface area contributed by atoms with Gasteiger partial charge in [0.2, 0.25) is 5.56 Å². The highest BCUT2D eigenvalue weighted by molar-refractivity contribution is 6.02. The van der Waals surface area contributed by atoms with Crippen molar-refractivity contribution in [2.75, 3.05) is 5.32 Å². The molecule has 6 heteroatoms. The molecule has 3 rings (SSSR count). The van der Waals surface area contributed by atoms with Crippen molar-refractivity contribution >= 4 is 11.7 Å². The van der Waals surface area contributed by atoms with Gasteiger partial charge in [-0.05, 0) is 38.7 Å². The first kappa shape index (κ1) is 13.6. The van der Waals surface area contributed by atoms with Crippen molar-refractivity contribution in [3.05, 3.63) is 46.0 Å². The molecule has 0 spiro atoms. The van der Waals surface area contributed by atoms with E-state index in [4.69, 9.17) is 0 Å². The quantitative estimate of drug-likeness (QED) is 0.903. The van der Waals surface area contributed by atoms with Gasteiger partial charge in [-0.15, -0.1) is 0 Å². The normalized spacial score (nSPS) is 15.7. The van der Waals surface area contributed by atoms with Crippen molar-refractivity contribution in [1.82, 2.24) is 14.8 Å². The van der Waals surface area contributed by atoms with Gasteiger partial charge in [-0.3, -0.25) is 14.3 Å². The predicted octanol–water partition coefficient (Wildman–Crippen LogP) is 2.10. The topological polar surface area (TPSA) is 79.8 Å². The molecule has 2 N–H and O–H groups in total. The van der Waals surface area contributed by atoms with Crippen LogP contribution in [-0.2, 0) is 0 Å². The summed E-state index contributed by atoms with van der Waals surface area (Å²) in [5.41, 5.74) is 0.947. The Hall–Kier alpha value is -2.37. The van der Waals surface area contributed by atoms with Gasteiger partial charge in [0, 0.05) is 17.8 Å². The highest BCUT2D eigenvalue weighted by Crippen LogP contribution is 2.39. The first-order valence-electron chi connectivity index (χ1n) is 7.11. The molecule has 0 bridgehead atoms. The molecule has 1 atom stereocenters. The molecular formula is C15H18N4O2. The second-order valence-electron chi connectivity index (χ2n) is 5.58. The SMILES string of the molecule is Cc1cc(NC(=O)c2cccc(=O)[nH]2)nn1[C@@H](C)C1CC1. The summed E-state index contributed by atoms with van der Waals surface area (Å²) in [4.78, 5) is 25.8. The van der Waals surface area contributed by atoms with Gasteiger partial charge in [0.05, 0.1) is 6.04 Å². The van der Waals surface area contributed by atoms with Crippen LogP contribution in [0, 0.1) is 12.8 Å².